The number of hydrogen-bond acceptors (Lipinski definition) is 4. The van der Waals surface area contributed by atoms with Gasteiger partial charge in [0.2, 0.25) is 0 Å². The largest absolute Gasteiger partial charge is 0.496 e. The molecule has 2 atom stereocenters. The first kappa shape index (κ1) is 15.4. The minimum Gasteiger partial charge on any atom is -0.399 e. The molecule has 2 bridgehead atoms. The molecule has 0 amide bonds. The summed E-state index contributed by atoms with van der Waals surface area (Å²) in [6, 6.07) is 5.37. The summed E-state index contributed by atoms with van der Waals surface area (Å²) in [5.74, 6) is 0. The van der Waals surface area contributed by atoms with Gasteiger partial charge in [0.25, 0.3) is 0 Å². The first-order chi connectivity index (χ1) is 10.8. The molecule has 1 N–H and O–H groups in total. The van der Waals surface area contributed by atoms with Crippen molar-refractivity contribution in [1.82, 2.24) is 10.3 Å². The maximum atomic E-state index is 6.09. The molecule has 4 nitrogen and oxygen atoms in total. The normalized spacial score (nSPS) is 31.3. The molecule has 23 heavy (non-hydrogen) atoms. The summed E-state index contributed by atoms with van der Waals surface area (Å²) < 4.78 is 12.2. The minimum atomic E-state index is -0.334. The fourth-order valence-electron chi connectivity index (χ4n) is 3.62. The highest BCUT2D eigenvalue weighted by atomic mass is 16.7. The second-order valence-corrected chi connectivity index (χ2v) is 8.01. The molecule has 2 saturated heterocycles. The van der Waals surface area contributed by atoms with Crippen LogP contribution in [-0.2, 0) is 9.31 Å². The van der Waals surface area contributed by atoms with E-state index in [9.17, 15) is 0 Å². The van der Waals surface area contributed by atoms with Crippen LogP contribution in [0.3, 0.4) is 0 Å². The van der Waals surface area contributed by atoms with Gasteiger partial charge in [-0.05, 0) is 58.6 Å². The third-order valence-electron chi connectivity index (χ3n) is 5.79. The van der Waals surface area contributed by atoms with Crippen LogP contribution in [0.4, 0.5) is 0 Å². The Hall–Kier alpha value is -1.17. The van der Waals surface area contributed by atoms with Gasteiger partial charge in [-0.2, -0.15) is 0 Å². The Labute approximate surface area is 138 Å². The Morgan fingerprint density at radius 3 is 2.48 bits per heavy atom. The third-order valence-corrected chi connectivity index (χ3v) is 5.79. The second-order valence-electron chi connectivity index (χ2n) is 8.01. The molecule has 2 unspecified atom stereocenters. The van der Waals surface area contributed by atoms with Crippen LogP contribution < -0.4 is 10.8 Å². The Bertz CT molecular complexity index is 623. The summed E-state index contributed by atoms with van der Waals surface area (Å²) in [4.78, 5) is 4.68. The molecule has 4 rings (SSSR count). The molecule has 0 spiro atoms. The number of nitrogens with one attached hydrogen (secondary N) is 1. The fraction of sp³-hybridized carbons (Fsp3) is 0.611. The molecule has 2 fully saturated rings. The molecule has 0 aliphatic carbocycles. The van der Waals surface area contributed by atoms with Crippen molar-refractivity contribution in [3.63, 3.8) is 0 Å². The van der Waals surface area contributed by atoms with E-state index in [2.05, 4.69) is 56.2 Å². The summed E-state index contributed by atoms with van der Waals surface area (Å²) in [5.41, 5.74) is 2.82. The summed E-state index contributed by atoms with van der Waals surface area (Å²) in [5, 5.41) is 3.62. The van der Waals surface area contributed by atoms with E-state index in [0.717, 1.165) is 17.6 Å². The average molecular weight is 312 g/mol. The molecule has 0 radical (unpaired) electrons. The smallest absolute Gasteiger partial charge is 0.399 e. The first-order valence-electron chi connectivity index (χ1n) is 8.63. The molecular weight excluding hydrogens is 287 g/mol. The Kier molecular flexibility index (Phi) is 3.45. The van der Waals surface area contributed by atoms with E-state index in [1.807, 2.05) is 6.20 Å². The number of rotatable bonds is 2. The number of pyridine rings is 1. The number of nitrogens with zero attached hydrogens (tertiary/aromatic N) is 1. The average Bonchev–Trinajstić information content (AvgIpc) is 2.95. The summed E-state index contributed by atoms with van der Waals surface area (Å²) in [6.07, 6.45) is 7.86. The van der Waals surface area contributed by atoms with Crippen molar-refractivity contribution in [1.29, 1.82) is 0 Å². The van der Waals surface area contributed by atoms with Crippen LogP contribution in [0.5, 0.6) is 0 Å². The summed E-state index contributed by atoms with van der Waals surface area (Å²) >= 11 is 0. The lowest BCUT2D eigenvalue weighted by Crippen LogP contribution is -2.41. The van der Waals surface area contributed by atoms with Crippen LogP contribution >= 0.6 is 0 Å². The van der Waals surface area contributed by atoms with E-state index >= 15 is 0 Å². The summed E-state index contributed by atoms with van der Waals surface area (Å²) in [7, 11) is -0.334. The fourth-order valence-corrected chi connectivity index (χ4v) is 3.62. The van der Waals surface area contributed by atoms with E-state index in [1.165, 1.54) is 18.4 Å². The zero-order valence-corrected chi connectivity index (χ0v) is 14.4. The zero-order chi connectivity index (χ0) is 16.2. The molecule has 5 heteroatoms. The molecule has 1 aromatic rings. The maximum absolute atomic E-state index is 6.09. The predicted octanol–water partition coefficient (Wildman–Crippen LogP) is 2.29. The highest BCUT2D eigenvalue weighted by Crippen LogP contribution is 2.36. The van der Waals surface area contributed by atoms with Gasteiger partial charge in [0.1, 0.15) is 0 Å². The van der Waals surface area contributed by atoms with Crippen LogP contribution in [0.1, 0.15) is 52.7 Å². The van der Waals surface area contributed by atoms with Gasteiger partial charge in [-0.3, -0.25) is 4.98 Å². The molecule has 0 saturated carbocycles. The van der Waals surface area contributed by atoms with Crippen molar-refractivity contribution in [2.45, 2.75) is 70.2 Å². The van der Waals surface area contributed by atoms with Crippen molar-refractivity contribution >= 4 is 18.2 Å². The SMILES string of the molecule is CC1(C)OB(c2ccc(C3=CC4CCC(C3)N4)nc2)OC1(C)C. The second kappa shape index (κ2) is 5.17. The third kappa shape index (κ3) is 2.65. The van der Waals surface area contributed by atoms with E-state index in [0.29, 0.717) is 12.1 Å². The lowest BCUT2D eigenvalue weighted by molar-refractivity contribution is 0.00578. The van der Waals surface area contributed by atoms with Gasteiger partial charge in [0.15, 0.2) is 0 Å². The Balaban J connectivity index is 1.53. The minimum absolute atomic E-state index is 0.312. The molecular formula is C18H25BN2O2. The summed E-state index contributed by atoms with van der Waals surface area (Å²) in [6.45, 7) is 8.30. The van der Waals surface area contributed by atoms with Crippen molar-refractivity contribution in [2.75, 3.05) is 0 Å². The van der Waals surface area contributed by atoms with Gasteiger partial charge in [0, 0.05) is 23.7 Å². The highest BCUT2D eigenvalue weighted by Gasteiger charge is 2.51. The van der Waals surface area contributed by atoms with Gasteiger partial charge >= 0.3 is 7.12 Å². The number of fused-ring (bicyclic) bond motifs is 2. The monoisotopic (exact) mass is 312 g/mol. The predicted molar refractivity (Wildman–Crippen MR) is 92.5 cm³/mol. The standard InChI is InChI=1S/C18H25BN2O2/c1-17(2)18(3,4)23-19(22-17)13-5-8-16(20-11-13)12-9-14-6-7-15(10-12)21-14/h5,8-9,11,14-15,21H,6-7,10H2,1-4H3. The quantitative estimate of drug-likeness (QED) is 0.851. The Morgan fingerprint density at radius 2 is 1.87 bits per heavy atom. The lowest BCUT2D eigenvalue weighted by Gasteiger charge is -2.32. The molecule has 1 aromatic heterocycles. The number of aromatic nitrogens is 1. The van der Waals surface area contributed by atoms with Crippen molar-refractivity contribution < 1.29 is 9.31 Å². The van der Waals surface area contributed by atoms with Crippen LogP contribution in [0.15, 0.2) is 24.4 Å². The molecule has 122 valence electrons. The van der Waals surface area contributed by atoms with Gasteiger partial charge in [-0.1, -0.05) is 12.1 Å². The Morgan fingerprint density at radius 1 is 1.13 bits per heavy atom. The van der Waals surface area contributed by atoms with Crippen LogP contribution in [-0.4, -0.2) is 35.4 Å². The van der Waals surface area contributed by atoms with Crippen molar-refractivity contribution in [2.24, 2.45) is 0 Å². The highest BCUT2D eigenvalue weighted by molar-refractivity contribution is 6.62. The van der Waals surface area contributed by atoms with Gasteiger partial charge in [-0.25, -0.2) is 0 Å². The van der Waals surface area contributed by atoms with E-state index in [-0.39, 0.29) is 18.3 Å². The molecule has 4 heterocycles. The molecule has 0 aromatic carbocycles. The van der Waals surface area contributed by atoms with E-state index in [1.54, 1.807) is 0 Å². The van der Waals surface area contributed by atoms with Crippen LogP contribution in [0.25, 0.3) is 5.57 Å². The number of hydrogen-bond donors (Lipinski definition) is 1. The van der Waals surface area contributed by atoms with Gasteiger partial charge in [0.05, 0.1) is 16.9 Å². The van der Waals surface area contributed by atoms with Crippen molar-refractivity contribution in [3.05, 3.63) is 30.1 Å². The first-order valence-corrected chi connectivity index (χ1v) is 8.63. The van der Waals surface area contributed by atoms with Gasteiger partial charge < -0.3 is 14.6 Å². The van der Waals surface area contributed by atoms with Crippen LogP contribution in [0, 0.1) is 0 Å². The zero-order valence-electron chi connectivity index (χ0n) is 14.4. The van der Waals surface area contributed by atoms with Gasteiger partial charge in [-0.15, -0.1) is 0 Å². The molecule has 3 aliphatic heterocycles. The van der Waals surface area contributed by atoms with E-state index < -0.39 is 0 Å². The topological polar surface area (TPSA) is 43.4 Å². The lowest BCUT2D eigenvalue weighted by atomic mass is 9.80. The molecule has 3 aliphatic rings. The van der Waals surface area contributed by atoms with E-state index in [4.69, 9.17) is 9.31 Å². The van der Waals surface area contributed by atoms with Crippen molar-refractivity contribution in [3.8, 4) is 0 Å². The maximum Gasteiger partial charge on any atom is 0.496 e. The van der Waals surface area contributed by atoms with Crippen LogP contribution in [0.2, 0.25) is 0 Å².